The highest BCUT2D eigenvalue weighted by molar-refractivity contribution is 5.94. The SMILES string of the molecule is O=C(c1cccc(F)c1F)N1CCCN(CCn2ccnc2)CC1. The zero-order chi connectivity index (χ0) is 16.9. The van der Waals surface area contributed by atoms with Gasteiger partial charge in [0.05, 0.1) is 11.9 Å². The average Bonchev–Trinajstić information content (AvgIpc) is 2.99. The van der Waals surface area contributed by atoms with Crippen molar-refractivity contribution in [3.05, 3.63) is 54.1 Å². The third-order valence-electron chi connectivity index (χ3n) is 4.29. The molecular weight excluding hydrogens is 314 g/mol. The van der Waals surface area contributed by atoms with E-state index < -0.39 is 17.5 Å². The fourth-order valence-corrected chi connectivity index (χ4v) is 2.91. The molecule has 1 aromatic heterocycles. The molecule has 1 fully saturated rings. The van der Waals surface area contributed by atoms with E-state index in [-0.39, 0.29) is 5.56 Å². The first-order valence-corrected chi connectivity index (χ1v) is 8.06. The Morgan fingerprint density at radius 2 is 2.00 bits per heavy atom. The van der Waals surface area contributed by atoms with Crippen LogP contribution in [0.15, 0.2) is 36.9 Å². The number of imidazole rings is 1. The second-order valence-electron chi connectivity index (χ2n) is 5.89. The summed E-state index contributed by atoms with van der Waals surface area (Å²) in [6, 6.07) is 3.72. The van der Waals surface area contributed by atoms with Crippen molar-refractivity contribution in [3.8, 4) is 0 Å². The molecule has 0 N–H and O–H groups in total. The quantitative estimate of drug-likeness (QED) is 0.859. The molecule has 3 rings (SSSR count). The predicted molar refractivity (Wildman–Crippen MR) is 85.5 cm³/mol. The minimum Gasteiger partial charge on any atom is -0.337 e. The fraction of sp³-hybridized carbons (Fsp3) is 0.412. The maximum Gasteiger partial charge on any atom is 0.256 e. The summed E-state index contributed by atoms with van der Waals surface area (Å²) in [5.41, 5.74) is -0.193. The lowest BCUT2D eigenvalue weighted by Crippen LogP contribution is -2.36. The van der Waals surface area contributed by atoms with Gasteiger partial charge in [0, 0.05) is 45.1 Å². The van der Waals surface area contributed by atoms with Crippen LogP contribution in [0.25, 0.3) is 0 Å². The number of hydrogen-bond acceptors (Lipinski definition) is 3. The minimum atomic E-state index is -1.07. The Kier molecular flexibility index (Phi) is 5.20. The summed E-state index contributed by atoms with van der Waals surface area (Å²) in [7, 11) is 0. The molecule has 1 aromatic carbocycles. The van der Waals surface area contributed by atoms with Gasteiger partial charge in [-0.15, -0.1) is 0 Å². The third-order valence-corrected chi connectivity index (χ3v) is 4.29. The van der Waals surface area contributed by atoms with Gasteiger partial charge in [-0.25, -0.2) is 13.8 Å². The highest BCUT2D eigenvalue weighted by atomic mass is 19.2. The van der Waals surface area contributed by atoms with Gasteiger partial charge in [0.1, 0.15) is 0 Å². The monoisotopic (exact) mass is 334 g/mol. The van der Waals surface area contributed by atoms with Gasteiger partial charge in [0.15, 0.2) is 11.6 Å². The smallest absolute Gasteiger partial charge is 0.256 e. The van der Waals surface area contributed by atoms with Gasteiger partial charge in [0.2, 0.25) is 0 Å². The van der Waals surface area contributed by atoms with Crippen LogP contribution in [0.5, 0.6) is 0 Å². The molecule has 1 saturated heterocycles. The second-order valence-corrected chi connectivity index (χ2v) is 5.89. The molecule has 0 saturated carbocycles. The van der Waals surface area contributed by atoms with E-state index >= 15 is 0 Å². The number of rotatable bonds is 4. The van der Waals surface area contributed by atoms with Crippen molar-refractivity contribution in [1.29, 1.82) is 0 Å². The van der Waals surface area contributed by atoms with Crippen LogP contribution in [0.4, 0.5) is 8.78 Å². The highest BCUT2D eigenvalue weighted by Crippen LogP contribution is 2.15. The van der Waals surface area contributed by atoms with Gasteiger partial charge in [-0.1, -0.05) is 6.07 Å². The molecule has 0 radical (unpaired) electrons. The second kappa shape index (κ2) is 7.53. The number of carbonyl (C=O) groups excluding carboxylic acids is 1. The first kappa shape index (κ1) is 16.6. The fourth-order valence-electron chi connectivity index (χ4n) is 2.91. The van der Waals surface area contributed by atoms with Crippen LogP contribution in [0.1, 0.15) is 16.8 Å². The third kappa shape index (κ3) is 3.79. The predicted octanol–water partition coefficient (Wildman–Crippen LogP) is 2.01. The van der Waals surface area contributed by atoms with E-state index in [0.29, 0.717) is 13.1 Å². The maximum absolute atomic E-state index is 13.8. The van der Waals surface area contributed by atoms with E-state index in [1.54, 1.807) is 17.4 Å². The Hall–Kier alpha value is -2.28. The number of benzene rings is 1. The van der Waals surface area contributed by atoms with Crippen molar-refractivity contribution >= 4 is 5.91 Å². The number of aromatic nitrogens is 2. The van der Waals surface area contributed by atoms with Crippen molar-refractivity contribution in [3.63, 3.8) is 0 Å². The lowest BCUT2D eigenvalue weighted by molar-refractivity contribution is 0.0755. The molecule has 0 atom stereocenters. The molecule has 0 unspecified atom stereocenters. The molecule has 1 amide bonds. The van der Waals surface area contributed by atoms with Crippen LogP contribution in [-0.2, 0) is 6.54 Å². The lowest BCUT2D eigenvalue weighted by Gasteiger charge is -2.22. The molecule has 24 heavy (non-hydrogen) atoms. The van der Waals surface area contributed by atoms with Gasteiger partial charge in [-0.05, 0) is 25.1 Å². The topological polar surface area (TPSA) is 41.4 Å². The number of halogens is 2. The Bertz CT molecular complexity index is 690. The van der Waals surface area contributed by atoms with Crippen molar-refractivity contribution in [2.75, 3.05) is 32.7 Å². The normalized spacial score (nSPS) is 16.2. The van der Waals surface area contributed by atoms with Crippen molar-refractivity contribution in [1.82, 2.24) is 19.4 Å². The summed E-state index contributed by atoms with van der Waals surface area (Å²) < 4.78 is 29.2. The zero-order valence-corrected chi connectivity index (χ0v) is 13.4. The molecule has 0 bridgehead atoms. The average molecular weight is 334 g/mol. The molecular formula is C17H20F2N4O. The van der Waals surface area contributed by atoms with E-state index in [1.165, 1.54) is 12.1 Å². The Morgan fingerprint density at radius 3 is 2.79 bits per heavy atom. The van der Waals surface area contributed by atoms with Gasteiger partial charge in [0.25, 0.3) is 5.91 Å². The summed E-state index contributed by atoms with van der Waals surface area (Å²) in [4.78, 5) is 20.4. The first-order valence-electron chi connectivity index (χ1n) is 8.06. The number of hydrogen-bond donors (Lipinski definition) is 0. The van der Waals surface area contributed by atoms with Crippen LogP contribution >= 0.6 is 0 Å². The molecule has 0 aliphatic carbocycles. The molecule has 7 heteroatoms. The molecule has 5 nitrogen and oxygen atoms in total. The van der Waals surface area contributed by atoms with Crippen molar-refractivity contribution in [2.45, 2.75) is 13.0 Å². The highest BCUT2D eigenvalue weighted by Gasteiger charge is 2.23. The Labute approximate surface area is 139 Å². The van der Waals surface area contributed by atoms with E-state index in [0.717, 1.165) is 38.7 Å². The van der Waals surface area contributed by atoms with Crippen LogP contribution in [0.2, 0.25) is 0 Å². The van der Waals surface area contributed by atoms with Gasteiger partial charge < -0.3 is 9.47 Å². The summed E-state index contributed by atoms with van der Waals surface area (Å²) in [6.07, 6.45) is 6.25. The molecule has 2 heterocycles. The van der Waals surface area contributed by atoms with Gasteiger partial charge in [-0.2, -0.15) is 0 Å². The van der Waals surface area contributed by atoms with Crippen LogP contribution in [-0.4, -0.2) is 58.0 Å². The standard InChI is InChI=1S/C17H20F2N4O/c18-15-4-1-3-14(16(15)19)17(24)23-7-2-6-21(11-12-23)9-10-22-8-5-20-13-22/h1,3-5,8,13H,2,6-7,9-12H2. The van der Waals surface area contributed by atoms with E-state index in [4.69, 9.17) is 0 Å². The van der Waals surface area contributed by atoms with Crippen LogP contribution < -0.4 is 0 Å². The zero-order valence-electron chi connectivity index (χ0n) is 13.4. The summed E-state index contributed by atoms with van der Waals surface area (Å²) in [5, 5.41) is 0. The summed E-state index contributed by atoms with van der Waals surface area (Å²) in [6.45, 7) is 4.37. The minimum absolute atomic E-state index is 0.193. The maximum atomic E-state index is 13.8. The van der Waals surface area contributed by atoms with Crippen molar-refractivity contribution in [2.24, 2.45) is 0 Å². The Morgan fingerprint density at radius 1 is 1.12 bits per heavy atom. The number of carbonyl (C=O) groups is 1. The van der Waals surface area contributed by atoms with Crippen LogP contribution in [0.3, 0.4) is 0 Å². The van der Waals surface area contributed by atoms with Crippen molar-refractivity contribution < 1.29 is 13.6 Å². The Balaban J connectivity index is 1.58. The molecule has 128 valence electrons. The lowest BCUT2D eigenvalue weighted by atomic mass is 10.1. The largest absolute Gasteiger partial charge is 0.337 e. The van der Waals surface area contributed by atoms with Crippen LogP contribution in [0, 0.1) is 11.6 Å². The van der Waals surface area contributed by atoms with E-state index in [9.17, 15) is 13.6 Å². The molecule has 1 aliphatic heterocycles. The number of amides is 1. The molecule has 0 spiro atoms. The first-order chi connectivity index (χ1) is 11.6. The van der Waals surface area contributed by atoms with Gasteiger partial charge >= 0.3 is 0 Å². The number of nitrogens with zero attached hydrogens (tertiary/aromatic N) is 4. The summed E-state index contributed by atoms with van der Waals surface area (Å²) in [5.74, 6) is -2.50. The summed E-state index contributed by atoms with van der Waals surface area (Å²) >= 11 is 0. The molecule has 1 aliphatic rings. The van der Waals surface area contributed by atoms with E-state index in [1.807, 2.05) is 10.8 Å². The van der Waals surface area contributed by atoms with Gasteiger partial charge in [-0.3, -0.25) is 9.69 Å². The van der Waals surface area contributed by atoms with E-state index in [2.05, 4.69) is 9.88 Å². The molecule has 2 aromatic rings.